The van der Waals surface area contributed by atoms with Crippen LogP contribution in [0.1, 0.15) is 5.56 Å². The van der Waals surface area contributed by atoms with Crippen LogP contribution < -0.4 is 0 Å². The highest BCUT2D eigenvalue weighted by Gasteiger charge is 2.08. The summed E-state index contributed by atoms with van der Waals surface area (Å²) in [5, 5.41) is 24.6. The van der Waals surface area contributed by atoms with Crippen molar-refractivity contribution in [2.24, 2.45) is 0 Å². The van der Waals surface area contributed by atoms with Gasteiger partial charge in [-0.05, 0) is 31.2 Å². The summed E-state index contributed by atoms with van der Waals surface area (Å²) in [6, 6.07) is 10.3. The van der Waals surface area contributed by atoms with E-state index in [9.17, 15) is 10.2 Å². The zero-order valence-corrected chi connectivity index (χ0v) is 9.83. The van der Waals surface area contributed by atoms with Gasteiger partial charge in [0.25, 0.3) is 0 Å². The van der Waals surface area contributed by atoms with E-state index in [-0.39, 0.29) is 11.5 Å². The first-order valence-electron chi connectivity index (χ1n) is 5.62. The summed E-state index contributed by atoms with van der Waals surface area (Å²) in [6.07, 6.45) is 1.83. The van der Waals surface area contributed by atoms with Gasteiger partial charge < -0.3 is 10.2 Å². The summed E-state index contributed by atoms with van der Waals surface area (Å²) in [6.45, 7) is 2.02. The number of phenolic OH excluding ortho intramolecular Hbond substituents is 2. The van der Waals surface area contributed by atoms with Crippen molar-refractivity contribution in [2.45, 2.75) is 6.92 Å². The van der Waals surface area contributed by atoms with Crippen LogP contribution in [0.3, 0.4) is 0 Å². The van der Waals surface area contributed by atoms with Crippen LogP contribution in [0.4, 0.5) is 0 Å². The molecule has 0 fully saturated rings. The van der Waals surface area contributed by atoms with Crippen molar-refractivity contribution in [3.8, 4) is 17.2 Å². The lowest BCUT2D eigenvalue weighted by molar-refractivity contribution is 0.456. The van der Waals surface area contributed by atoms with Crippen LogP contribution in [0, 0.1) is 6.92 Å². The molecule has 4 heteroatoms. The molecule has 0 spiro atoms. The second kappa shape index (κ2) is 3.77. The number of aromatic nitrogens is 2. The minimum atomic E-state index is 0.0809. The maximum Gasteiger partial charge on any atom is 0.141 e. The van der Waals surface area contributed by atoms with Gasteiger partial charge in [-0.25, -0.2) is 4.68 Å². The van der Waals surface area contributed by atoms with Gasteiger partial charge in [0, 0.05) is 17.6 Å². The molecule has 2 N–H and O–H groups in total. The Morgan fingerprint density at radius 2 is 1.89 bits per heavy atom. The molecule has 18 heavy (non-hydrogen) atoms. The van der Waals surface area contributed by atoms with Crippen molar-refractivity contribution in [1.82, 2.24) is 9.78 Å². The van der Waals surface area contributed by atoms with Crippen LogP contribution in [0.15, 0.2) is 42.6 Å². The van der Waals surface area contributed by atoms with Gasteiger partial charge in [-0.15, -0.1) is 0 Å². The minimum Gasteiger partial charge on any atom is -0.508 e. The van der Waals surface area contributed by atoms with Crippen LogP contribution >= 0.6 is 0 Å². The summed E-state index contributed by atoms with van der Waals surface area (Å²) < 4.78 is 1.57. The fraction of sp³-hybridized carbons (Fsp3) is 0.0714. The lowest BCUT2D eigenvalue weighted by atomic mass is 10.2. The van der Waals surface area contributed by atoms with Gasteiger partial charge in [0.2, 0.25) is 0 Å². The van der Waals surface area contributed by atoms with E-state index in [0.29, 0.717) is 5.69 Å². The smallest absolute Gasteiger partial charge is 0.141 e. The van der Waals surface area contributed by atoms with Crippen molar-refractivity contribution in [3.63, 3.8) is 0 Å². The molecule has 90 valence electrons. The third-order valence-corrected chi connectivity index (χ3v) is 2.87. The Morgan fingerprint density at radius 3 is 2.72 bits per heavy atom. The number of benzene rings is 2. The van der Waals surface area contributed by atoms with Gasteiger partial charge >= 0.3 is 0 Å². The number of fused-ring (bicyclic) bond motifs is 1. The zero-order chi connectivity index (χ0) is 12.7. The van der Waals surface area contributed by atoms with Gasteiger partial charge in [-0.1, -0.05) is 11.6 Å². The Bertz CT molecular complexity index is 732. The molecule has 0 amide bonds. The molecule has 0 aliphatic carbocycles. The highest BCUT2D eigenvalue weighted by Crippen LogP contribution is 2.27. The predicted octanol–water partition coefficient (Wildman–Crippen LogP) is 2.75. The highest BCUT2D eigenvalue weighted by atomic mass is 16.3. The predicted molar refractivity (Wildman–Crippen MR) is 69.1 cm³/mol. The number of hydrogen-bond acceptors (Lipinski definition) is 3. The third-order valence-electron chi connectivity index (χ3n) is 2.87. The van der Waals surface area contributed by atoms with Gasteiger partial charge in [0.05, 0.1) is 5.52 Å². The first-order chi connectivity index (χ1) is 8.63. The number of hydrogen-bond donors (Lipinski definition) is 2. The maximum absolute atomic E-state index is 9.80. The summed E-state index contributed by atoms with van der Waals surface area (Å²) >= 11 is 0. The second-order valence-electron chi connectivity index (χ2n) is 4.31. The molecule has 3 rings (SSSR count). The molecular formula is C14H12N2O2. The molecular weight excluding hydrogens is 228 g/mol. The number of aromatic hydroxyl groups is 2. The molecule has 4 nitrogen and oxygen atoms in total. The number of rotatable bonds is 1. The normalized spacial score (nSPS) is 10.9. The fourth-order valence-electron chi connectivity index (χ4n) is 1.96. The van der Waals surface area contributed by atoms with E-state index in [1.54, 1.807) is 4.68 Å². The molecule has 0 bridgehead atoms. The molecule has 2 aromatic carbocycles. The topological polar surface area (TPSA) is 58.3 Å². The van der Waals surface area contributed by atoms with E-state index in [0.717, 1.165) is 16.5 Å². The van der Waals surface area contributed by atoms with E-state index < -0.39 is 0 Å². The molecule has 3 aromatic rings. The van der Waals surface area contributed by atoms with Gasteiger partial charge in [-0.3, -0.25) is 0 Å². The molecule has 0 atom stereocenters. The van der Waals surface area contributed by atoms with E-state index in [1.165, 1.54) is 18.2 Å². The minimum absolute atomic E-state index is 0.0809. The lowest BCUT2D eigenvalue weighted by Crippen LogP contribution is -1.94. The molecule has 0 aliphatic rings. The summed E-state index contributed by atoms with van der Waals surface area (Å²) in [5.41, 5.74) is 2.47. The molecule has 1 heterocycles. The lowest BCUT2D eigenvalue weighted by Gasteiger charge is -2.04. The number of nitrogens with zero attached hydrogens (tertiary/aromatic N) is 2. The SMILES string of the molecule is Cc1ccc2nn(-c3cc(O)ccc3O)cc2c1. The van der Waals surface area contributed by atoms with Crippen LogP contribution in [-0.2, 0) is 0 Å². The first kappa shape index (κ1) is 10.7. The fourth-order valence-corrected chi connectivity index (χ4v) is 1.96. The molecule has 0 saturated heterocycles. The highest BCUT2D eigenvalue weighted by molar-refractivity contribution is 5.79. The molecule has 0 radical (unpaired) electrons. The van der Waals surface area contributed by atoms with E-state index in [1.807, 2.05) is 31.3 Å². The first-order valence-corrected chi connectivity index (χ1v) is 5.62. The molecule has 0 unspecified atom stereocenters. The average Bonchev–Trinajstić information content (AvgIpc) is 2.74. The van der Waals surface area contributed by atoms with Crippen molar-refractivity contribution < 1.29 is 10.2 Å². The zero-order valence-electron chi connectivity index (χ0n) is 9.83. The third kappa shape index (κ3) is 1.68. The van der Waals surface area contributed by atoms with E-state index in [2.05, 4.69) is 5.10 Å². The summed E-state index contributed by atoms with van der Waals surface area (Å²) in [5.74, 6) is 0.177. The molecule has 1 aromatic heterocycles. The Hall–Kier alpha value is -2.49. The Kier molecular flexibility index (Phi) is 2.23. The summed E-state index contributed by atoms with van der Waals surface area (Å²) in [7, 11) is 0. The Morgan fingerprint density at radius 1 is 1.06 bits per heavy atom. The van der Waals surface area contributed by atoms with Crippen LogP contribution in [0.2, 0.25) is 0 Å². The van der Waals surface area contributed by atoms with Crippen molar-refractivity contribution >= 4 is 10.9 Å². The molecule has 0 saturated carbocycles. The van der Waals surface area contributed by atoms with Crippen molar-refractivity contribution in [3.05, 3.63) is 48.2 Å². The van der Waals surface area contributed by atoms with Gasteiger partial charge in [-0.2, -0.15) is 5.10 Å². The van der Waals surface area contributed by atoms with Gasteiger partial charge in [0.15, 0.2) is 0 Å². The Balaban J connectivity index is 2.22. The average molecular weight is 240 g/mol. The van der Waals surface area contributed by atoms with Crippen LogP contribution in [0.5, 0.6) is 11.5 Å². The second-order valence-corrected chi connectivity index (χ2v) is 4.31. The van der Waals surface area contributed by atoms with E-state index >= 15 is 0 Å². The quantitative estimate of drug-likeness (QED) is 0.643. The van der Waals surface area contributed by atoms with Crippen LogP contribution in [-0.4, -0.2) is 20.0 Å². The van der Waals surface area contributed by atoms with Crippen LogP contribution in [0.25, 0.3) is 16.6 Å². The van der Waals surface area contributed by atoms with Crippen molar-refractivity contribution in [1.29, 1.82) is 0 Å². The number of aryl methyl sites for hydroxylation is 1. The maximum atomic E-state index is 9.80. The van der Waals surface area contributed by atoms with Crippen molar-refractivity contribution in [2.75, 3.05) is 0 Å². The van der Waals surface area contributed by atoms with E-state index in [4.69, 9.17) is 0 Å². The molecule has 0 aliphatic heterocycles. The standard InChI is InChI=1S/C14H12N2O2/c1-9-2-4-12-10(6-9)8-16(15-12)13-7-11(17)3-5-14(13)18/h2-8,17-18H,1H3. The monoisotopic (exact) mass is 240 g/mol. The Labute approximate surface area is 104 Å². The number of phenols is 2. The summed E-state index contributed by atoms with van der Waals surface area (Å²) in [4.78, 5) is 0. The van der Waals surface area contributed by atoms with Gasteiger partial charge in [0.1, 0.15) is 17.2 Å². The largest absolute Gasteiger partial charge is 0.508 e.